The fourth-order valence-corrected chi connectivity index (χ4v) is 2.41. The molecule has 0 fully saturated rings. The minimum absolute atomic E-state index is 0.0610. The Labute approximate surface area is 138 Å². The van der Waals surface area contributed by atoms with Crippen molar-refractivity contribution in [3.63, 3.8) is 0 Å². The van der Waals surface area contributed by atoms with E-state index in [1.165, 1.54) is 6.07 Å². The largest absolute Gasteiger partial charge is 0.345 e. The summed E-state index contributed by atoms with van der Waals surface area (Å²) in [6.07, 6.45) is 0.719. The minimum atomic E-state index is -0.405. The van der Waals surface area contributed by atoms with Crippen LogP contribution in [-0.4, -0.2) is 15.1 Å². The molecule has 24 heavy (non-hydrogen) atoms. The number of benzene rings is 2. The van der Waals surface area contributed by atoms with E-state index < -0.39 is 4.92 Å². The molecule has 0 aliphatic rings. The van der Waals surface area contributed by atoms with E-state index in [1.54, 1.807) is 12.1 Å². The van der Waals surface area contributed by atoms with Gasteiger partial charge in [-0.2, -0.15) is 4.98 Å². The van der Waals surface area contributed by atoms with Crippen LogP contribution in [0.5, 0.6) is 0 Å². The van der Waals surface area contributed by atoms with Crippen molar-refractivity contribution < 1.29 is 9.45 Å². The molecule has 0 radical (unpaired) electrons. The SMILES string of the molecule is CCC(Nc1noc(-c2ccccc2)n1)c1cccc([N+](=O)[O-])c1. The Morgan fingerprint density at radius 2 is 2.00 bits per heavy atom. The molecule has 1 atom stereocenters. The number of anilines is 1. The van der Waals surface area contributed by atoms with Crippen LogP contribution in [0, 0.1) is 10.1 Å². The Morgan fingerprint density at radius 3 is 2.71 bits per heavy atom. The number of nitro benzene ring substituents is 1. The molecule has 0 saturated heterocycles. The normalized spacial score (nSPS) is 11.9. The molecule has 1 heterocycles. The maximum atomic E-state index is 10.9. The number of hydrogen-bond donors (Lipinski definition) is 1. The van der Waals surface area contributed by atoms with Crippen molar-refractivity contribution in [3.8, 4) is 11.5 Å². The monoisotopic (exact) mass is 324 g/mol. The molecule has 3 rings (SSSR count). The van der Waals surface area contributed by atoms with Crippen molar-refractivity contribution in [2.24, 2.45) is 0 Å². The number of nitro groups is 1. The highest BCUT2D eigenvalue weighted by Crippen LogP contribution is 2.25. The number of non-ortho nitro benzene ring substituents is 1. The molecule has 3 aromatic rings. The topological polar surface area (TPSA) is 94.1 Å². The van der Waals surface area contributed by atoms with E-state index in [2.05, 4.69) is 15.5 Å². The quantitative estimate of drug-likeness (QED) is 0.539. The Bertz CT molecular complexity index is 833. The second kappa shape index (κ2) is 6.91. The highest BCUT2D eigenvalue weighted by molar-refractivity contribution is 5.54. The summed E-state index contributed by atoms with van der Waals surface area (Å²) in [7, 11) is 0. The maximum absolute atomic E-state index is 10.9. The molecule has 7 heteroatoms. The van der Waals surface area contributed by atoms with Crippen LogP contribution >= 0.6 is 0 Å². The number of nitrogens with one attached hydrogen (secondary N) is 1. The molecule has 2 aromatic carbocycles. The molecule has 122 valence electrons. The van der Waals surface area contributed by atoms with Gasteiger partial charge in [-0.15, -0.1) is 0 Å². The highest BCUT2D eigenvalue weighted by atomic mass is 16.6. The number of aromatic nitrogens is 2. The average molecular weight is 324 g/mol. The lowest BCUT2D eigenvalue weighted by atomic mass is 10.0. The van der Waals surface area contributed by atoms with Gasteiger partial charge in [0.15, 0.2) is 0 Å². The first kappa shape index (κ1) is 15.7. The molecule has 0 amide bonds. The van der Waals surface area contributed by atoms with Gasteiger partial charge in [-0.25, -0.2) is 0 Å². The van der Waals surface area contributed by atoms with Gasteiger partial charge in [0.1, 0.15) is 0 Å². The van der Waals surface area contributed by atoms with Gasteiger partial charge < -0.3 is 9.84 Å². The molecule has 1 unspecified atom stereocenters. The predicted molar refractivity (Wildman–Crippen MR) is 89.5 cm³/mol. The van der Waals surface area contributed by atoms with E-state index in [4.69, 9.17) is 4.52 Å². The van der Waals surface area contributed by atoms with Gasteiger partial charge in [-0.1, -0.05) is 37.3 Å². The first-order valence-electron chi connectivity index (χ1n) is 7.57. The summed E-state index contributed by atoms with van der Waals surface area (Å²) in [5.41, 5.74) is 1.70. The summed E-state index contributed by atoms with van der Waals surface area (Å²) in [6, 6.07) is 15.9. The number of rotatable bonds is 6. The van der Waals surface area contributed by atoms with Crippen LogP contribution in [0.15, 0.2) is 59.1 Å². The van der Waals surface area contributed by atoms with Crippen molar-refractivity contribution in [1.82, 2.24) is 10.1 Å². The van der Waals surface area contributed by atoms with Crippen molar-refractivity contribution in [2.45, 2.75) is 19.4 Å². The zero-order valence-electron chi connectivity index (χ0n) is 13.0. The fourth-order valence-electron chi connectivity index (χ4n) is 2.41. The van der Waals surface area contributed by atoms with Gasteiger partial charge in [-0.05, 0) is 29.3 Å². The maximum Gasteiger partial charge on any atom is 0.269 e. The second-order valence-corrected chi connectivity index (χ2v) is 5.25. The standard InChI is InChI=1S/C17H16N4O3/c1-2-15(13-9-6-10-14(11-13)21(22)23)18-17-19-16(24-20-17)12-7-4-3-5-8-12/h3-11,15H,2H2,1H3,(H,18,20). The Morgan fingerprint density at radius 1 is 1.21 bits per heavy atom. The zero-order chi connectivity index (χ0) is 16.9. The second-order valence-electron chi connectivity index (χ2n) is 5.25. The van der Waals surface area contributed by atoms with Crippen molar-refractivity contribution in [3.05, 3.63) is 70.3 Å². The molecule has 0 aliphatic heterocycles. The first-order chi connectivity index (χ1) is 11.7. The third kappa shape index (κ3) is 3.40. The molecular formula is C17H16N4O3. The Balaban J connectivity index is 1.80. The average Bonchev–Trinajstić information content (AvgIpc) is 3.09. The number of hydrogen-bond acceptors (Lipinski definition) is 6. The molecule has 0 spiro atoms. The van der Waals surface area contributed by atoms with Crippen molar-refractivity contribution >= 4 is 11.6 Å². The molecule has 1 aromatic heterocycles. The van der Waals surface area contributed by atoms with Crippen LogP contribution in [0.25, 0.3) is 11.5 Å². The third-order valence-electron chi connectivity index (χ3n) is 3.64. The predicted octanol–water partition coefficient (Wildman–Crippen LogP) is 4.21. The van der Waals surface area contributed by atoms with E-state index in [9.17, 15) is 10.1 Å². The third-order valence-corrected chi connectivity index (χ3v) is 3.64. The lowest BCUT2D eigenvalue weighted by Gasteiger charge is -2.15. The van der Waals surface area contributed by atoms with Crippen LogP contribution < -0.4 is 5.32 Å². The van der Waals surface area contributed by atoms with Crippen molar-refractivity contribution in [2.75, 3.05) is 5.32 Å². The highest BCUT2D eigenvalue weighted by Gasteiger charge is 2.16. The molecule has 7 nitrogen and oxygen atoms in total. The summed E-state index contributed by atoms with van der Waals surface area (Å²) in [4.78, 5) is 14.9. The molecule has 0 saturated carbocycles. The summed E-state index contributed by atoms with van der Waals surface area (Å²) in [6.45, 7) is 1.98. The van der Waals surface area contributed by atoms with E-state index in [0.717, 1.165) is 17.5 Å². The molecule has 1 N–H and O–H groups in total. The van der Waals surface area contributed by atoms with Gasteiger partial charge in [-0.3, -0.25) is 10.1 Å². The lowest BCUT2D eigenvalue weighted by Crippen LogP contribution is -2.11. The van der Waals surface area contributed by atoms with Crippen LogP contribution in [0.2, 0.25) is 0 Å². The summed E-state index contributed by atoms with van der Waals surface area (Å²) in [5.74, 6) is 0.777. The van der Waals surface area contributed by atoms with E-state index in [0.29, 0.717) is 11.8 Å². The summed E-state index contributed by atoms with van der Waals surface area (Å²) >= 11 is 0. The smallest absolute Gasteiger partial charge is 0.269 e. The van der Waals surface area contributed by atoms with Crippen LogP contribution in [-0.2, 0) is 0 Å². The summed E-state index contributed by atoms with van der Waals surface area (Å²) in [5, 5.41) is 18.0. The van der Waals surface area contributed by atoms with Crippen molar-refractivity contribution in [1.29, 1.82) is 0 Å². The molecule has 0 aliphatic carbocycles. The lowest BCUT2D eigenvalue weighted by molar-refractivity contribution is -0.384. The van der Waals surface area contributed by atoms with Gasteiger partial charge in [0, 0.05) is 17.7 Å². The van der Waals surface area contributed by atoms with Crippen LogP contribution in [0.3, 0.4) is 0 Å². The Kier molecular flexibility index (Phi) is 4.51. The van der Waals surface area contributed by atoms with Crippen LogP contribution in [0.1, 0.15) is 24.9 Å². The van der Waals surface area contributed by atoms with E-state index in [-0.39, 0.29) is 11.7 Å². The minimum Gasteiger partial charge on any atom is -0.345 e. The summed E-state index contributed by atoms with van der Waals surface area (Å²) < 4.78 is 5.26. The first-order valence-corrected chi connectivity index (χ1v) is 7.57. The fraction of sp³-hybridized carbons (Fsp3) is 0.176. The van der Waals surface area contributed by atoms with Gasteiger partial charge >= 0.3 is 0 Å². The van der Waals surface area contributed by atoms with Gasteiger partial charge in [0.05, 0.1) is 11.0 Å². The Hall–Kier alpha value is -3.22. The van der Waals surface area contributed by atoms with E-state index in [1.807, 2.05) is 43.3 Å². The van der Waals surface area contributed by atoms with Crippen LogP contribution in [0.4, 0.5) is 11.6 Å². The van der Waals surface area contributed by atoms with Gasteiger partial charge in [0.25, 0.3) is 17.5 Å². The zero-order valence-corrected chi connectivity index (χ0v) is 13.0. The van der Waals surface area contributed by atoms with Gasteiger partial charge in [0.2, 0.25) is 0 Å². The molecule has 0 bridgehead atoms. The van der Waals surface area contributed by atoms with E-state index >= 15 is 0 Å². The molecular weight excluding hydrogens is 308 g/mol. The number of nitrogens with zero attached hydrogens (tertiary/aromatic N) is 3.